The van der Waals surface area contributed by atoms with Gasteiger partial charge in [0.2, 0.25) is 10.0 Å². The molecule has 0 unspecified atom stereocenters. The number of rotatable bonds is 3. The number of aromatic amines is 1. The molecule has 0 atom stereocenters. The number of fused-ring (bicyclic) bond motifs is 1. The maximum atomic E-state index is 12.7. The van der Waals surface area contributed by atoms with Crippen molar-refractivity contribution < 1.29 is 8.42 Å². The van der Waals surface area contributed by atoms with Crippen LogP contribution in [0.5, 0.6) is 0 Å². The molecule has 5 nitrogen and oxygen atoms in total. The van der Waals surface area contributed by atoms with Gasteiger partial charge >= 0.3 is 4.87 Å². The largest absolute Gasteiger partial charge is 0.312 e. The van der Waals surface area contributed by atoms with Gasteiger partial charge in [-0.15, -0.1) is 0 Å². The average Bonchev–Trinajstić information content (AvgIpc) is 2.86. The highest BCUT2D eigenvalue weighted by atomic mass is 32.2. The van der Waals surface area contributed by atoms with E-state index in [1.807, 2.05) is 0 Å². The Morgan fingerprint density at radius 3 is 2.67 bits per heavy atom. The van der Waals surface area contributed by atoms with Gasteiger partial charge < -0.3 is 4.98 Å². The third kappa shape index (κ3) is 2.77. The molecule has 114 valence electrons. The number of aromatic nitrogens is 1. The Morgan fingerprint density at radius 1 is 1.24 bits per heavy atom. The number of thiazole rings is 1. The van der Waals surface area contributed by atoms with Crippen LogP contribution >= 0.6 is 11.3 Å². The van der Waals surface area contributed by atoms with Crippen molar-refractivity contribution in [2.75, 3.05) is 7.05 Å². The lowest BCUT2D eigenvalue weighted by molar-refractivity contribution is 0.286. The second-order valence-corrected chi connectivity index (χ2v) is 8.50. The number of H-pyrrole nitrogens is 1. The number of nitrogens with zero attached hydrogens (tertiary/aromatic N) is 1. The molecule has 0 spiro atoms. The highest BCUT2D eigenvalue weighted by Crippen LogP contribution is 2.28. The van der Waals surface area contributed by atoms with Gasteiger partial charge in [0, 0.05) is 13.1 Å². The predicted octanol–water partition coefficient (Wildman–Crippen LogP) is 2.54. The van der Waals surface area contributed by atoms with Crippen LogP contribution in [-0.2, 0) is 10.0 Å². The maximum Gasteiger partial charge on any atom is 0.305 e. The van der Waals surface area contributed by atoms with E-state index in [4.69, 9.17) is 0 Å². The second-order valence-electron chi connectivity index (χ2n) is 5.49. The summed E-state index contributed by atoms with van der Waals surface area (Å²) in [5.41, 5.74) is 0.685. The van der Waals surface area contributed by atoms with Crippen LogP contribution in [0.25, 0.3) is 10.2 Å². The van der Waals surface area contributed by atoms with Crippen LogP contribution in [0.3, 0.4) is 0 Å². The average molecular weight is 326 g/mol. The number of benzene rings is 1. The Hall–Kier alpha value is -1.18. The van der Waals surface area contributed by atoms with Gasteiger partial charge in [-0.1, -0.05) is 30.6 Å². The molecule has 0 aliphatic heterocycles. The predicted molar refractivity (Wildman–Crippen MR) is 84.3 cm³/mol. The first kappa shape index (κ1) is 14.7. The van der Waals surface area contributed by atoms with Gasteiger partial charge in [-0.25, -0.2) is 8.42 Å². The van der Waals surface area contributed by atoms with Crippen molar-refractivity contribution in [3.63, 3.8) is 0 Å². The Morgan fingerprint density at radius 2 is 1.95 bits per heavy atom. The van der Waals surface area contributed by atoms with Crippen LogP contribution in [-0.4, -0.2) is 30.8 Å². The quantitative estimate of drug-likeness (QED) is 0.942. The molecule has 1 aliphatic carbocycles. The lowest BCUT2D eigenvalue weighted by atomic mass is 9.96. The smallest absolute Gasteiger partial charge is 0.305 e. The molecule has 7 heteroatoms. The Bertz CT molecular complexity index is 801. The fraction of sp³-hybridized carbons (Fsp3) is 0.500. The normalized spacial score (nSPS) is 17.6. The second kappa shape index (κ2) is 5.55. The number of sulfonamides is 1. The van der Waals surface area contributed by atoms with Crippen LogP contribution in [0.4, 0.5) is 0 Å². The van der Waals surface area contributed by atoms with E-state index in [0.29, 0.717) is 10.2 Å². The molecular formula is C14H18N2O3S2. The zero-order chi connectivity index (χ0) is 15.0. The molecular weight excluding hydrogens is 308 g/mol. The van der Waals surface area contributed by atoms with Gasteiger partial charge in [-0.2, -0.15) is 4.31 Å². The highest BCUT2D eigenvalue weighted by molar-refractivity contribution is 7.89. The molecule has 1 N–H and O–H groups in total. The summed E-state index contributed by atoms with van der Waals surface area (Å²) in [5.74, 6) is 0. The molecule has 0 amide bonds. The van der Waals surface area contributed by atoms with Crippen molar-refractivity contribution in [2.24, 2.45) is 0 Å². The molecule has 1 aromatic heterocycles. The summed E-state index contributed by atoms with van der Waals surface area (Å²) in [5, 5.41) is 0. The van der Waals surface area contributed by atoms with E-state index >= 15 is 0 Å². The van der Waals surface area contributed by atoms with E-state index in [0.717, 1.165) is 37.0 Å². The van der Waals surface area contributed by atoms with Crippen molar-refractivity contribution in [1.82, 2.24) is 9.29 Å². The van der Waals surface area contributed by atoms with Crippen molar-refractivity contribution in [2.45, 2.75) is 43.0 Å². The molecule has 2 aromatic rings. The van der Waals surface area contributed by atoms with E-state index < -0.39 is 10.0 Å². The van der Waals surface area contributed by atoms with Crippen molar-refractivity contribution >= 4 is 31.6 Å². The Kier molecular flexibility index (Phi) is 3.90. The van der Waals surface area contributed by atoms with Crippen LogP contribution in [0.1, 0.15) is 32.1 Å². The lowest BCUT2D eigenvalue weighted by Gasteiger charge is -2.30. The van der Waals surface area contributed by atoms with Gasteiger partial charge in [-0.05, 0) is 31.0 Å². The van der Waals surface area contributed by atoms with E-state index in [9.17, 15) is 13.2 Å². The van der Waals surface area contributed by atoms with Crippen LogP contribution in [0.15, 0.2) is 27.9 Å². The first-order valence-corrected chi connectivity index (χ1v) is 9.35. The zero-order valence-electron chi connectivity index (χ0n) is 11.8. The summed E-state index contributed by atoms with van der Waals surface area (Å²) >= 11 is 1.04. The minimum Gasteiger partial charge on any atom is -0.312 e. The fourth-order valence-electron chi connectivity index (χ4n) is 2.89. The molecule has 1 fully saturated rings. The summed E-state index contributed by atoms with van der Waals surface area (Å²) < 4.78 is 27.6. The summed E-state index contributed by atoms with van der Waals surface area (Å²) in [6, 6.07) is 4.91. The zero-order valence-corrected chi connectivity index (χ0v) is 13.5. The van der Waals surface area contributed by atoms with Crippen molar-refractivity contribution in [3.8, 4) is 0 Å². The lowest BCUT2D eigenvalue weighted by Crippen LogP contribution is -2.38. The molecule has 1 aromatic carbocycles. The Balaban J connectivity index is 1.96. The van der Waals surface area contributed by atoms with E-state index in [2.05, 4.69) is 4.98 Å². The van der Waals surface area contributed by atoms with Crippen molar-refractivity contribution in [1.29, 1.82) is 0 Å². The minimum atomic E-state index is -3.50. The SMILES string of the molecule is CN(C1CCCCC1)S(=O)(=O)c1ccc2[nH]c(=O)sc2c1. The third-order valence-corrected chi connectivity index (χ3v) is 6.91. The number of hydrogen-bond acceptors (Lipinski definition) is 4. The van der Waals surface area contributed by atoms with E-state index in [1.165, 1.54) is 10.7 Å². The van der Waals surface area contributed by atoms with Gasteiger partial charge in [-0.3, -0.25) is 4.79 Å². The third-order valence-electron chi connectivity index (χ3n) is 4.16. The van der Waals surface area contributed by atoms with Crippen LogP contribution in [0, 0.1) is 0 Å². The molecule has 1 heterocycles. The molecule has 1 saturated carbocycles. The first-order chi connectivity index (χ1) is 9.98. The minimum absolute atomic E-state index is 0.0874. The topological polar surface area (TPSA) is 70.2 Å². The van der Waals surface area contributed by atoms with Gasteiger partial charge in [0.15, 0.2) is 0 Å². The van der Waals surface area contributed by atoms with Gasteiger partial charge in [0.05, 0.1) is 15.1 Å². The molecule has 1 aliphatic rings. The monoisotopic (exact) mass is 326 g/mol. The Labute approximate surface area is 127 Å². The molecule has 3 rings (SSSR count). The molecule has 0 radical (unpaired) electrons. The van der Waals surface area contributed by atoms with E-state index in [1.54, 1.807) is 25.2 Å². The number of hydrogen-bond donors (Lipinski definition) is 1. The summed E-state index contributed by atoms with van der Waals surface area (Å²) in [7, 11) is -1.83. The standard InChI is InChI=1S/C14H18N2O3S2/c1-16(10-5-3-2-4-6-10)21(18,19)11-7-8-12-13(9-11)20-14(17)15-12/h7-10H,2-6H2,1H3,(H,15,17). The first-order valence-electron chi connectivity index (χ1n) is 7.09. The summed E-state index contributed by atoms with van der Waals surface area (Å²) in [6.45, 7) is 0. The maximum absolute atomic E-state index is 12.7. The molecule has 21 heavy (non-hydrogen) atoms. The fourth-order valence-corrected chi connectivity index (χ4v) is 5.19. The van der Waals surface area contributed by atoms with E-state index in [-0.39, 0.29) is 15.8 Å². The highest BCUT2D eigenvalue weighted by Gasteiger charge is 2.29. The van der Waals surface area contributed by atoms with Gasteiger partial charge in [0.1, 0.15) is 0 Å². The summed E-state index contributed by atoms with van der Waals surface area (Å²) in [4.78, 5) is 14.1. The summed E-state index contributed by atoms with van der Waals surface area (Å²) in [6.07, 6.45) is 5.21. The van der Waals surface area contributed by atoms with Crippen LogP contribution in [0.2, 0.25) is 0 Å². The van der Waals surface area contributed by atoms with Gasteiger partial charge in [0.25, 0.3) is 0 Å². The van der Waals surface area contributed by atoms with Crippen molar-refractivity contribution in [3.05, 3.63) is 27.9 Å². The number of nitrogens with one attached hydrogen (secondary N) is 1. The molecule has 0 saturated heterocycles. The van der Waals surface area contributed by atoms with Crippen LogP contribution < -0.4 is 4.87 Å². The molecule has 0 bridgehead atoms.